The molecule has 0 aromatic rings. The monoisotopic (exact) mass is 172 g/mol. The smallest absolute Gasteiger partial charge is 0.316 e. The third-order valence-corrected chi connectivity index (χ3v) is 3.23. The van der Waals surface area contributed by atoms with Crippen LogP contribution in [0.5, 0.6) is 0 Å². The van der Waals surface area contributed by atoms with Crippen LogP contribution < -0.4 is 0 Å². The fraction of sp³-hybridized carbons (Fsp3) is 0.714. The van der Waals surface area contributed by atoms with Crippen LogP contribution in [0.2, 0.25) is 19.1 Å². The molecule has 1 fully saturated rings. The summed E-state index contributed by atoms with van der Waals surface area (Å²) in [5.74, 6) is -0.778. The topological polar surface area (TPSA) is 43.4 Å². The van der Waals surface area contributed by atoms with Gasteiger partial charge in [-0.25, -0.2) is 0 Å². The Bertz CT molecular complexity index is 188. The molecule has 0 aromatic heterocycles. The van der Waals surface area contributed by atoms with Gasteiger partial charge in [-0.1, -0.05) is 13.1 Å². The summed E-state index contributed by atoms with van der Waals surface area (Å²) in [6.45, 7) is 4.33. The third kappa shape index (κ3) is 2.15. The maximum atomic E-state index is 10.9. The second kappa shape index (κ2) is 3.17. The molecule has 62 valence electrons. The van der Waals surface area contributed by atoms with E-state index in [1.807, 2.05) is 0 Å². The molecular formula is C7H12O3Si. The van der Waals surface area contributed by atoms with Crippen LogP contribution in [0.25, 0.3) is 0 Å². The van der Waals surface area contributed by atoms with E-state index in [1.165, 1.54) is 0 Å². The number of esters is 2. The Hall–Kier alpha value is -0.643. The van der Waals surface area contributed by atoms with Crippen LogP contribution in [0.15, 0.2) is 0 Å². The van der Waals surface area contributed by atoms with Crippen LogP contribution in [-0.4, -0.2) is 20.7 Å². The molecule has 0 bridgehead atoms. The van der Waals surface area contributed by atoms with Gasteiger partial charge in [-0.2, -0.15) is 0 Å². The molecule has 3 nitrogen and oxygen atoms in total. The first-order valence-corrected chi connectivity index (χ1v) is 6.96. The number of hydrogen-bond acceptors (Lipinski definition) is 3. The molecule has 1 rings (SSSR count). The highest BCUT2D eigenvalue weighted by molar-refractivity contribution is 6.56. The van der Waals surface area contributed by atoms with E-state index in [2.05, 4.69) is 17.8 Å². The highest BCUT2D eigenvalue weighted by Gasteiger charge is 2.33. The Labute approximate surface area is 67.3 Å². The van der Waals surface area contributed by atoms with E-state index in [9.17, 15) is 9.59 Å². The lowest BCUT2D eigenvalue weighted by molar-refractivity contribution is -0.152. The number of hydrogen-bond donors (Lipinski definition) is 0. The minimum absolute atomic E-state index is 0.117. The van der Waals surface area contributed by atoms with Gasteiger partial charge in [-0.15, -0.1) is 0 Å². The number of carbonyl (C=O) groups excluding carboxylic acids is 2. The van der Waals surface area contributed by atoms with Gasteiger partial charge in [0.2, 0.25) is 0 Å². The summed E-state index contributed by atoms with van der Waals surface area (Å²) in [7, 11) is -0.742. The van der Waals surface area contributed by atoms with E-state index in [4.69, 9.17) is 0 Å². The molecular weight excluding hydrogens is 160 g/mol. The first-order chi connectivity index (χ1) is 5.09. The van der Waals surface area contributed by atoms with Crippen molar-refractivity contribution in [2.75, 3.05) is 0 Å². The van der Waals surface area contributed by atoms with E-state index in [0.29, 0.717) is 6.42 Å². The van der Waals surface area contributed by atoms with Crippen molar-refractivity contribution < 1.29 is 14.3 Å². The number of rotatable bonds is 2. The van der Waals surface area contributed by atoms with Gasteiger partial charge in [0.05, 0.1) is 12.3 Å². The molecule has 0 N–H and O–H groups in total. The van der Waals surface area contributed by atoms with Crippen LogP contribution in [0.1, 0.15) is 6.42 Å². The van der Waals surface area contributed by atoms with Crippen molar-refractivity contribution in [1.29, 1.82) is 0 Å². The van der Waals surface area contributed by atoms with Gasteiger partial charge in [-0.05, 0) is 6.04 Å². The molecule has 0 saturated carbocycles. The summed E-state index contributed by atoms with van der Waals surface area (Å²) in [5.41, 5.74) is 0. The molecule has 0 aliphatic carbocycles. The summed E-state index contributed by atoms with van der Waals surface area (Å²) in [6, 6.07) is 0.893. The van der Waals surface area contributed by atoms with E-state index in [1.54, 1.807) is 0 Å². The highest BCUT2D eigenvalue weighted by Crippen LogP contribution is 2.21. The largest absolute Gasteiger partial charge is 0.393 e. The number of ether oxygens (including phenoxy) is 1. The van der Waals surface area contributed by atoms with E-state index < -0.39 is 8.80 Å². The van der Waals surface area contributed by atoms with E-state index in [-0.39, 0.29) is 17.9 Å². The Morgan fingerprint density at radius 2 is 2.18 bits per heavy atom. The summed E-state index contributed by atoms with van der Waals surface area (Å²) in [4.78, 5) is 21.5. The minimum Gasteiger partial charge on any atom is -0.393 e. The molecule has 1 aliphatic rings. The lowest BCUT2D eigenvalue weighted by atomic mass is 10.1. The fourth-order valence-electron chi connectivity index (χ4n) is 1.27. The van der Waals surface area contributed by atoms with Crippen LogP contribution in [0.4, 0.5) is 0 Å². The molecule has 0 amide bonds. The zero-order chi connectivity index (χ0) is 8.43. The summed E-state index contributed by atoms with van der Waals surface area (Å²) >= 11 is 0. The molecule has 0 aromatic carbocycles. The average molecular weight is 172 g/mol. The maximum Gasteiger partial charge on any atom is 0.316 e. The molecule has 0 radical (unpaired) electrons. The van der Waals surface area contributed by atoms with Crippen LogP contribution in [-0.2, 0) is 14.3 Å². The van der Waals surface area contributed by atoms with Gasteiger partial charge in [0.15, 0.2) is 0 Å². The fourth-order valence-corrected chi connectivity index (χ4v) is 2.77. The van der Waals surface area contributed by atoms with Crippen LogP contribution in [0, 0.1) is 5.92 Å². The lowest BCUT2D eigenvalue weighted by Gasteiger charge is -2.04. The average Bonchev–Trinajstić information content (AvgIpc) is 2.09. The molecule has 1 heterocycles. The third-order valence-electron chi connectivity index (χ3n) is 1.72. The molecule has 1 atom stereocenters. The molecule has 1 saturated heterocycles. The Morgan fingerprint density at radius 3 is 2.55 bits per heavy atom. The standard InChI is InChI=1S/C7H12O3Si/c1-11(2)4-5-3-6(8)10-7(5)9/h5,11H,3-4H2,1-2H3. The predicted octanol–water partition coefficient (Wildman–Crippen LogP) is 0.563. The molecule has 0 spiro atoms. The van der Waals surface area contributed by atoms with Crippen molar-refractivity contribution in [3.8, 4) is 0 Å². The summed E-state index contributed by atoms with van der Waals surface area (Å²) < 4.78 is 4.42. The molecule has 11 heavy (non-hydrogen) atoms. The normalized spacial score (nSPS) is 24.5. The van der Waals surface area contributed by atoms with Crippen molar-refractivity contribution in [2.45, 2.75) is 25.6 Å². The van der Waals surface area contributed by atoms with Crippen LogP contribution in [0.3, 0.4) is 0 Å². The Kier molecular flexibility index (Phi) is 2.44. The quantitative estimate of drug-likeness (QED) is 0.347. The summed E-state index contributed by atoms with van der Waals surface area (Å²) in [5, 5.41) is 0. The van der Waals surface area contributed by atoms with Crippen molar-refractivity contribution in [1.82, 2.24) is 0 Å². The predicted molar refractivity (Wildman–Crippen MR) is 42.9 cm³/mol. The highest BCUT2D eigenvalue weighted by atomic mass is 28.3. The van der Waals surface area contributed by atoms with Gasteiger partial charge < -0.3 is 4.74 Å². The zero-order valence-corrected chi connectivity index (χ0v) is 7.95. The van der Waals surface area contributed by atoms with Crippen LogP contribution >= 0.6 is 0 Å². The molecule has 1 aliphatic heterocycles. The van der Waals surface area contributed by atoms with E-state index >= 15 is 0 Å². The van der Waals surface area contributed by atoms with Gasteiger partial charge >= 0.3 is 11.9 Å². The maximum absolute atomic E-state index is 10.9. The molecule has 4 heteroatoms. The van der Waals surface area contributed by atoms with Gasteiger partial charge in [-0.3, -0.25) is 9.59 Å². The van der Waals surface area contributed by atoms with Gasteiger partial charge in [0.1, 0.15) is 0 Å². The van der Waals surface area contributed by atoms with Gasteiger partial charge in [0, 0.05) is 8.80 Å². The van der Waals surface area contributed by atoms with E-state index in [0.717, 1.165) is 6.04 Å². The van der Waals surface area contributed by atoms with Gasteiger partial charge in [0.25, 0.3) is 0 Å². The minimum atomic E-state index is -0.742. The lowest BCUT2D eigenvalue weighted by Crippen LogP contribution is -2.13. The Morgan fingerprint density at radius 1 is 1.55 bits per heavy atom. The number of carbonyl (C=O) groups is 2. The first kappa shape index (κ1) is 8.45. The SMILES string of the molecule is C[SiH](C)CC1CC(=O)OC1=O. The second-order valence-corrected chi connectivity index (χ2v) is 6.58. The van der Waals surface area contributed by atoms with Crippen molar-refractivity contribution in [3.63, 3.8) is 0 Å². The van der Waals surface area contributed by atoms with Crippen molar-refractivity contribution in [2.24, 2.45) is 5.92 Å². The first-order valence-electron chi connectivity index (χ1n) is 3.84. The summed E-state index contributed by atoms with van der Waals surface area (Å²) in [6.07, 6.45) is 0.310. The second-order valence-electron chi connectivity index (χ2n) is 3.32. The van der Waals surface area contributed by atoms with Crippen molar-refractivity contribution >= 4 is 20.7 Å². The number of cyclic esters (lactones) is 2. The zero-order valence-electron chi connectivity index (χ0n) is 6.79. The van der Waals surface area contributed by atoms with Crippen molar-refractivity contribution in [3.05, 3.63) is 0 Å². The Balaban J connectivity index is 2.47. The molecule has 1 unspecified atom stereocenters.